The lowest BCUT2D eigenvalue weighted by molar-refractivity contribution is 0.672. The highest BCUT2D eigenvalue weighted by atomic mass is 16.3. The van der Waals surface area contributed by atoms with Gasteiger partial charge in [0.05, 0.1) is 28.0 Å². The quantitative estimate of drug-likeness (QED) is 0.196. The van der Waals surface area contributed by atoms with Crippen LogP contribution in [0, 0.1) is 0 Å². The van der Waals surface area contributed by atoms with Crippen molar-refractivity contribution in [3.8, 4) is 45.2 Å². The fourth-order valence-electron chi connectivity index (χ4n) is 6.54. The van der Waals surface area contributed by atoms with Crippen molar-refractivity contribution in [2.45, 2.75) is 12.8 Å². The molecule has 0 unspecified atom stereocenters. The molecule has 0 saturated heterocycles. The second kappa shape index (κ2) is 11.3. The zero-order chi connectivity index (χ0) is 31.2. The van der Waals surface area contributed by atoms with Crippen molar-refractivity contribution in [3.05, 3.63) is 157 Å². The van der Waals surface area contributed by atoms with E-state index in [4.69, 9.17) is 19.4 Å². The lowest BCUT2D eigenvalue weighted by atomic mass is 9.98. The standard InChI is InChI=1S/C43H29N3O/c1-3-11-28(12-4-1)29-19-21-31(22-20-29)38-27-37(30-13-5-2-6-14-30)45-43(46-38)33-25-23-32(24-26-33)41-40-35-16-8-10-18-39(35)47-42(40)34-15-7-9-17-36(34)44-41/h2-3,5-27H,1,4H2. The molecule has 0 aliphatic heterocycles. The predicted molar refractivity (Wildman–Crippen MR) is 193 cm³/mol. The summed E-state index contributed by atoms with van der Waals surface area (Å²) in [6, 6.07) is 45.9. The molecule has 222 valence electrons. The number of para-hydroxylation sites is 2. The molecule has 8 aromatic rings. The Labute approximate surface area is 272 Å². The van der Waals surface area contributed by atoms with Gasteiger partial charge in [-0.05, 0) is 48.2 Å². The first-order valence-corrected chi connectivity index (χ1v) is 16.0. The SMILES string of the molecule is C1=CC(c2ccc(-c3cc(-c4ccccc4)nc(-c4ccc(-c5nc6ccccc6c6oc7ccccc7c56)cc4)n3)cc2)=CCC1. The number of nitrogens with zero attached hydrogens (tertiary/aromatic N) is 3. The minimum Gasteiger partial charge on any atom is -0.455 e. The first-order valence-electron chi connectivity index (χ1n) is 16.0. The van der Waals surface area contributed by atoms with E-state index in [9.17, 15) is 0 Å². The fraction of sp³-hybridized carbons (Fsp3) is 0.0465. The van der Waals surface area contributed by atoms with Crippen LogP contribution in [-0.4, -0.2) is 15.0 Å². The van der Waals surface area contributed by atoms with Crippen LogP contribution in [-0.2, 0) is 0 Å². The van der Waals surface area contributed by atoms with E-state index in [1.165, 1.54) is 11.1 Å². The molecule has 0 amide bonds. The molecule has 9 rings (SSSR count). The molecule has 0 saturated carbocycles. The monoisotopic (exact) mass is 603 g/mol. The molecular formula is C43H29N3O. The van der Waals surface area contributed by atoms with E-state index < -0.39 is 0 Å². The Morgan fingerprint density at radius 1 is 0.511 bits per heavy atom. The van der Waals surface area contributed by atoms with Crippen molar-refractivity contribution in [2.24, 2.45) is 0 Å². The van der Waals surface area contributed by atoms with Crippen LogP contribution in [0.2, 0.25) is 0 Å². The Bertz CT molecular complexity index is 2490. The third kappa shape index (κ3) is 4.91. The predicted octanol–water partition coefficient (Wildman–Crippen LogP) is 11.3. The number of hydrogen-bond acceptors (Lipinski definition) is 4. The van der Waals surface area contributed by atoms with Crippen LogP contribution in [0.15, 0.2) is 156 Å². The average molecular weight is 604 g/mol. The fourth-order valence-corrected chi connectivity index (χ4v) is 6.54. The molecule has 0 atom stereocenters. The highest BCUT2D eigenvalue weighted by Gasteiger charge is 2.18. The molecule has 47 heavy (non-hydrogen) atoms. The number of aromatic nitrogens is 3. The van der Waals surface area contributed by atoms with Gasteiger partial charge >= 0.3 is 0 Å². The topological polar surface area (TPSA) is 51.8 Å². The molecule has 4 nitrogen and oxygen atoms in total. The van der Waals surface area contributed by atoms with Crippen LogP contribution in [0.1, 0.15) is 18.4 Å². The second-order valence-corrected chi connectivity index (χ2v) is 11.9. The number of furan rings is 1. The molecule has 0 fully saturated rings. The Kier molecular flexibility index (Phi) is 6.57. The highest BCUT2D eigenvalue weighted by Crippen LogP contribution is 2.40. The van der Waals surface area contributed by atoms with Gasteiger partial charge in [0.15, 0.2) is 5.82 Å². The smallest absolute Gasteiger partial charge is 0.160 e. The maximum absolute atomic E-state index is 6.41. The number of rotatable bonds is 5. The molecule has 0 radical (unpaired) electrons. The first kappa shape index (κ1) is 27.2. The van der Waals surface area contributed by atoms with Crippen molar-refractivity contribution in [3.63, 3.8) is 0 Å². The number of fused-ring (bicyclic) bond motifs is 5. The van der Waals surface area contributed by atoms with Crippen LogP contribution in [0.3, 0.4) is 0 Å². The molecule has 0 spiro atoms. The highest BCUT2D eigenvalue weighted by molar-refractivity contribution is 6.19. The van der Waals surface area contributed by atoms with Gasteiger partial charge in [-0.25, -0.2) is 15.0 Å². The molecular weight excluding hydrogens is 574 g/mol. The molecule has 1 aliphatic rings. The van der Waals surface area contributed by atoms with Crippen molar-refractivity contribution < 1.29 is 4.42 Å². The Hall–Kier alpha value is -6.13. The van der Waals surface area contributed by atoms with E-state index in [1.54, 1.807) is 0 Å². The Morgan fingerprint density at radius 3 is 1.91 bits per heavy atom. The summed E-state index contributed by atoms with van der Waals surface area (Å²) < 4.78 is 6.41. The molecule has 5 aromatic carbocycles. The first-order chi connectivity index (χ1) is 23.3. The van der Waals surface area contributed by atoms with Crippen LogP contribution in [0.25, 0.3) is 83.6 Å². The summed E-state index contributed by atoms with van der Waals surface area (Å²) in [5, 5.41) is 3.10. The van der Waals surface area contributed by atoms with Gasteiger partial charge in [-0.15, -0.1) is 0 Å². The molecule has 3 aromatic heterocycles. The normalized spacial score (nSPS) is 13.0. The van der Waals surface area contributed by atoms with Gasteiger partial charge in [0.1, 0.15) is 11.2 Å². The maximum Gasteiger partial charge on any atom is 0.160 e. The minimum absolute atomic E-state index is 0.681. The Morgan fingerprint density at radius 2 is 1.15 bits per heavy atom. The lowest BCUT2D eigenvalue weighted by Crippen LogP contribution is -1.96. The van der Waals surface area contributed by atoms with Crippen LogP contribution in [0.4, 0.5) is 0 Å². The van der Waals surface area contributed by atoms with E-state index in [2.05, 4.69) is 97.1 Å². The van der Waals surface area contributed by atoms with Crippen LogP contribution < -0.4 is 0 Å². The molecule has 0 bridgehead atoms. The average Bonchev–Trinajstić information content (AvgIpc) is 3.55. The van der Waals surface area contributed by atoms with Gasteiger partial charge < -0.3 is 4.42 Å². The van der Waals surface area contributed by atoms with E-state index in [0.29, 0.717) is 5.82 Å². The van der Waals surface area contributed by atoms with Gasteiger partial charge in [-0.1, -0.05) is 127 Å². The number of allylic oxidation sites excluding steroid dienone is 4. The molecule has 3 heterocycles. The van der Waals surface area contributed by atoms with Gasteiger partial charge in [0.25, 0.3) is 0 Å². The summed E-state index contributed by atoms with van der Waals surface area (Å²) in [6.07, 6.45) is 8.96. The van der Waals surface area contributed by atoms with E-state index in [-0.39, 0.29) is 0 Å². The van der Waals surface area contributed by atoms with Crippen LogP contribution >= 0.6 is 0 Å². The minimum atomic E-state index is 0.681. The number of pyridine rings is 1. The summed E-state index contributed by atoms with van der Waals surface area (Å²) in [7, 11) is 0. The van der Waals surface area contributed by atoms with Gasteiger partial charge in [0, 0.05) is 33.0 Å². The molecule has 1 aliphatic carbocycles. The van der Waals surface area contributed by atoms with Crippen molar-refractivity contribution in [1.82, 2.24) is 15.0 Å². The van der Waals surface area contributed by atoms with Gasteiger partial charge in [0.2, 0.25) is 0 Å². The third-order valence-corrected chi connectivity index (χ3v) is 8.93. The maximum atomic E-state index is 6.41. The van der Waals surface area contributed by atoms with Crippen molar-refractivity contribution >= 4 is 38.4 Å². The summed E-state index contributed by atoms with van der Waals surface area (Å²) in [4.78, 5) is 15.3. The Balaban J connectivity index is 1.15. The number of hydrogen-bond donors (Lipinski definition) is 0. The number of benzene rings is 5. The van der Waals surface area contributed by atoms with E-state index in [0.717, 1.165) is 85.0 Å². The van der Waals surface area contributed by atoms with Crippen molar-refractivity contribution in [1.29, 1.82) is 0 Å². The van der Waals surface area contributed by atoms with Gasteiger partial charge in [-0.2, -0.15) is 0 Å². The summed E-state index contributed by atoms with van der Waals surface area (Å²) in [5.41, 5.74) is 11.9. The largest absolute Gasteiger partial charge is 0.455 e. The van der Waals surface area contributed by atoms with Crippen LogP contribution in [0.5, 0.6) is 0 Å². The summed E-state index contributed by atoms with van der Waals surface area (Å²) in [5.74, 6) is 0.681. The van der Waals surface area contributed by atoms with Gasteiger partial charge in [-0.3, -0.25) is 0 Å². The zero-order valence-corrected chi connectivity index (χ0v) is 25.6. The second-order valence-electron chi connectivity index (χ2n) is 11.9. The van der Waals surface area contributed by atoms with Crippen molar-refractivity contribution in [2.75, 3.05) is 0 Å². The summed E-state index contributed by atoms with van der Waals surface area (Å²) >= 11 is 0. The summed E-state index contributed by atoms with van der Waals surface area (Å²) in [6.45, 7) is 0. The molecule has 4 heteroatoms. The third-order valence-electron chi connectivity index (χ3n) is 8.93. The van der Waals surface area contributed by atoms with E-state index >= 15 is 0 Å². The molecule has 0 N–H and O–H groups in total. The zero-order valence-electron chi connectivity index (χ0n) is 25.6. The van der Waals surface area contributed by atoms with E-state index in [1.807, 2.05) is 54.6 Å². The lowest BCUT2D eigenvalue weighted by Gasteiger charge is -2.11.